The second-order valence-electron chi connectivity index (χ2n) is 6.26. The Hall–Kier alpha value is -3.54. The number of carbonyl (C=O) groups is 1. The minimum Gasteiger partial charge on any atom is -0.369 e. The van der Waals surface area contributed by atoms with E-state index in [2.05, 4.69) is 5.32 Å². The molecule has 0 bridgehead atoms. The predicted molar refractivity (Wildman–Crippen MR) is 106 cm³/mol. The topological polar surface area (TPSA) is 113 Å². The van der Waals surface area contributed by atoms with Crippen molar-refractivity contribution in [1.29, 1.82) is 5.41 Å². The van der Waals surface area contributed by atoms with Gasteiger partial charge in [-0.25, -0.2) is 0 Å². The number of hydrogen-bond donors (Lipinski definition) is 3. The lowest BCUT2D eigenvalue weighted by atomic mass is 9.94. The van der Waals surface area contributed by atoms with Gasteiger partial charge in [0.05, 0.1) is 11.3 Å². The molecule has 0 spiro atoms. The van der Waals surface area contributed by atoms with E-state index in [1.807, 2.05) is 42.5 Å². The summed E-state index contributed by atoms with van der Waals surface area (Å²) in [5, 5.41) is 11.1. The van der Waals surface area contributed by atoms with Crippen molar-refractivity contribution in [3.63, 3.8) is 0 Å². The lowest BCUT2D eigenvalue weighted by Gasteiger charge is -2.20. The minimum atomic E-state index is -0.860. The number of primary amides is 1. The van der Waals surface area contributed by atoms with Crippen molar-refractivity contribution in [3.8, 4) is 0 Å². The van der Waals surface area contributed by atoms with Gasteiger partial charge in [0.1, 0.15) is 11.7 Å². The quantitative estimate of drug-likeness (QED) is 0.513. The first-order valence-electron chi connectivity index (χ1n) is 8.54. The van der Waals surface area contributed by atoms with Crippen LogP contribution in [-0.4, -0.2) is 17.7 Å². The van der Waals surface area contributed by atoms with Gasteiger partial charge in [-0.1, -0.05) is 60.7 Å². The van der Waals surface area contributed by atoms with Crippen molar-refractivity contribution in [2.45, 2.75) is 18.9 Å². The average molecular weight is 361 g/mol. The molecule has 2 aromatic rings. The molecule has 1 atom stereocenters. The number of amides is 1. The Balaban J connectivity index is 1.88. The Labute approximate surface area is 155 Å². The third-order valence-electron chi connectivity index (χ3n) is 4.38. The summed E-state index contributed by atoms with van der Waals surface area (Å²) < 4.78 is 0. The van der Waals surface area contributed by atoms with Crippen LogP contribution < -0.4 is 21.9 Å². The molecule has 0 unspecified atom stereocenters. The number of allylic oxidation sites excluding steroid dienone is 6. The normalized spacial score (nSPS) is 14.4. The summed E-state index contributed by atoms with van der Waals surface area (Å²) in [7, 11) is 0. The van der Waals surface area contributed by atoms with Gasteiger partial charge < -0.3 is 11.1 Å². The average Bonchev–Trinajstić information content (AvgIpc) is 2.96. The zero-order valence-electron chi connectivity index (χ0n) is 14.6. The summed E-state index contributed by atoms with van der Waals surface area (Å²) in [5.74, 6) is -0.638. The van der Waals surface area contributed by atoms with E-state index < -0.39 is 22.8 Å². The molecule has 0 fully saturated rings. The number of benzene rings is 1. The number of anilines is 1. The molecule has 136 valence electrons. The predicted octanol–water partition coefficient (Wildman–Crippen LogP) is 1.60. The maximum Gasteiger partial charge on any atom is 0.250 e. The lowest BCUT2D eigenvalue weighted by Crippen LogP contribution is -2.46. The fraction of sp³-hybridized carbons (Fsp3) is 0.143. The highest BCUT2D eigenvalue weighted by Crippen LogP contribution is 2.18. The van der Waals surface area contributed by atoms with Gasteiger partial charge in [0, 0.05) is 6.42 Å². The molecule has 0 heterocycles. The van der Waals surface area contributed by atoms with Gasteiger partial charge in [0.25, 0.3) is 0 Å². The zero-order valence-corrected chi connectivity index (χ0v) is 14.6. The summed E-state index contributed by atoms with van der Waals surface area (Å²) in [6.45, 7) is 0. The Morgan fingerprint density at radius 1 is 1.15 bits per heavy atom. The molecule has 1 aliphatic rings. The highest BCUT2D eigenvalue weighted by atomic mass is 16.2. The van der Waals surface area contributed by atoms with Crippen molar-refractivity contribution < 1.29 is 4.79 Å². The Morgan fingerprint density at radius 3 is 2.59 bits per heavy atom. The van der Waals surface area contributed by atoms with E-state index >= 15 is 0 Å². The highest BCUT2D eigenvalue weighted by molar-refractivity contribution is 6.16. The van der Waals surface area contributed by atoms with E-state index in [4.69, 9.17) is 11.1 Å². The van der Waals surface area contributed by atoms with Crippen molar-refractivity contribution in [2.75, 3.05) is 5.32 Å². The first kappa shape index (κ1) is 18.3. The van der Waals surface area contributed by atoms with Crippen LogP contribution in [0.4, 0.5) is 5.69 Å². The van der Waals surface area contributed by atoms with Crippen LogP contribution in [0.3, 0.4) is 0 Å². The largest absolute Gasteiger partial charge is 0.369 e. The first-order chi connectivity index (χ1) is 13.0. The van der Waals surface area contributed by atoms with Crippen LogP contribution in [0.1, 0.15) is 17.5 Å². The van der Waals surface area contributed by atoms with Crippen LogP contribution in [0, 0.1) is 5.41 Å². The molecule has 3 rings (SSSR count). The molecule has 1 amide bonds. The fourth-order valence-corrected chi connectivity index (χ4v) is 2.91. The number of nitrogens with one attached hydrogen (secondary N) is 2. The van der Waals surface area contributed by atoms with Crippen LogP contribution in [0.15, 0.2) is 75.9 Å². The summed E-state index contributed by atoms with van der Waals surface area (Å²) in [5.41, 5.74) is 5.32. The standard InChI is InChI=1S/C21H19N3O3/c22-17(14-10-6-1-2-7-11-14)16-18(20(26)19(16)25)24-15(21(23)27)12-13-8-4-3-5-9-13/h1,3-11,15,22,24H,2,12H2,(H2,23,27)/t15-/m1/s1. The first-order valence-corrected chi connectivity index (χ1v) is 8.54. The Bertz CT molecular complexity index is 1040. The van der Waals surface area contributed by atoms with Gasteiger partial charge in [-0.2, -0.15) is 0 Å². The van der Waals surface area contributed by atoms with Crippen molar-refractivity contribution >= 4 is 17.3 Å². The fourth-order valence-electron chi connectivity index (χ4n) is 2.91. The van der Waals surface area contributed by atoms with Crippen LogP contribution in [0.25, 0.3) is 0 Å². The smallest absolute Gasteiger partial charge is 0.250 e. The maximum absolute atomic E-state index is 12.1. The molecule has 0 saturated heterocycles. The van der Waals surface area contributed by atoms with Crippen molar-refractivity contribution in [2.24, 2.45) is 5.73 Å². The number of carbonyl (C=O) groups excluding carboxylic acids is 1. The highest BCUT2D eigenvalue weighted by Gasteiger charge is 2.28. The second-order valence-corrected chi connectivity index (χ2v) is 6.26. The second kappa shape index (κ2) is 7.78. The maximum atomic E-state index is 12.1. The van der Waals surface area contributed by atoms with Crippen LogP contribution in [-0.2, 0) is 11.2 Å². The molecule has 0 radical (unpaired) electrons. The van der Waals surface area contributed by atoms with Gasteiger partial charge in [-0.15, -0.1) is 0 Å². The molecule has 6 heteroatoms. The van der Waals surface area contributed by atoms with Crippen molar-refractivity contribution in [1.82, 2.24) is 0 Å². The number of rotatable bonds is 7. The molecule has 6 nitrogen and oxygen atoms in total. The zero-order chi connectivity index (χ0) is 19.4. The van der Waals surface area contributed by atoms with E-state index in [-0.39, 0.29) is 23.4 Å². The van der Waals surface area contributed by atoms with Crippen molar-refractivity contribution in [3.05, 3.63) is 97.9 Å². The van der Waals surface area contributed by atoms with E-state index in [0.29, 0.717) is 5.57 Å². The van der Waals surface area contributed by atoms with E-state index in [0.717, 1.165) is 12.0 Å². The molecule has 2 aromatic carbocycles. The molecule has 0 aliphatic heterocycles. The molecular formula is C21H19N3O3. The van der Waals surface area contributed by atoms with E-state index in [1.54, 1.807) is 18.2 Å². The van der Waals surface area contributed by atoms with E-state index in [1.165, 1.54) is 0 Å². The van der Waals surface area contributed by atoms with Gasteiger partial charge in [0.15, 0.2) is 0 Å². The summed E-state index contributed by atoms with van der Waals surface area (Å²) in [6.07, 6.45) is 10.0. The molecular weight excluding hydrogens is 342 g/mol. The minimum absolute atomic E-state index is 0.00879. The van der Waals surface area contributed by atoms with Crippen LogP contribution in [0.2, 0.25) is 0 Å². The molecule has 0 aromatic heterocycles. The third kappa shape index (κ3) is 3.84. The summed E-state index contributed by atoms with van der Waals surface area (Å²) in [4.78, 5) is 36.0. The number of nitrogens with two attached hydrogens (primary N) is 1. The van der Waals surface area contributed by atoms with Crippen LogP contribution in [0.5, 0.6) is 0 Å². The van der Waals surface area contributed by atoms with Gasteiger partial charge in [-0.05, 0) is 17.6 Å². The third-order valence-corrected chi connectivity index (χ3v) is 4.38. The lowest BCUT2D eigenvalue weighted by molar-refractivity contribution is -0.118. The molecule has 27 heavy (non-hydrogen) atoms. The van der Waals surface area contributed by atoms with Crippen LogP contribution >= 0.6 is 0 Å². The molecule has 1 aliphatic carbocycles. The SMILES string of the molecule is N=C(C1=CC=CCC=C1)c1c(N[C@H](Cc2ccccc2)C(N)=O)c(=O)c1=O. The Morgan fingerprint density at radius 2 is 1.89 bits per heavy atom. The molecule has 0 saturated carbocycles. The van der Waals surface area contributed by atoms with Gasteiger partial charge in [0.2, 0.25) is 16.8 Å². The van der Waals surface area contributed by atoms with Gasteiger partial charge in [-0.3, -0.25) is 19.8 Å². The Kier molecular flexibility index (Phi) is 5.26. The molecule has 4 N–H and O–H groups in total. The summed E-state index contributed by atoms with van der Waals surface area (Å²) in [6, 6.07) is 8.36. The summed E-state index contributed by atoms with van der Waals surface area (Å²) >= 11 is 0. The number of hydrogen-bond acceptors (Lipinski definition) is 5. The monoisotopic (exact) mass is 361 g/mol. The van der Waals surface area contributed by atoms with Gasteiger partial charge >= 0.3 is 0 Å². The van der Waals surface area contributed by atoms with E-state index in [9.17, 15) is 14.4 Å².